The average molecular weight is 270 g/mol. The van der Waals surface area contributed by atoms with E-state index in [0.717, 1.165) is 23.2 Å². The number of methoxy groups -OCH3 is 1. The molecule has 2 aromatic carbocycles. The van der Waals surface area contributed by atoms with Crippen molar-refractivity contribution in [3.8, 4) is 5.75 Å². The third-order valence-electron chi connectivity index (χ3n) is 2.69. The second-order valence-corrected chi connectivity index (χ2v) is 4.05. The molecule has 0 fully saturated rings. The van der Waals surface area contributed by atoms with E-state index in [9.17, 15) is 10.1 Å². The molecule has 2 aromatic rings. The van der Waals surface area contributed by atoms with Gasteiger partial charge in [-0.15, -0.1) is 0 Å². The largest absolute Gasteiger partial charge is 0.497 e. The lowest BCUT2D eigenvalue weighted by Gasteiger charge is -2.09. The molecule has 0 saturated carbocycles. The van der Waals surface area contributed by atoms with Crippen molar-refractivity contribution in [1.82, 2.24) is 0 Å². The molecule has 0 atom stereocenters. The van der Waals surface area contributed by atoms with Gasteiger partial charge in [-0.2, -0.15) is 0 Å². The minimum atomic E-state index is -0.473. The highest BCUT2D eigenvalue weighted by Crippen LogP contribution is 2.21. The predicted octanol–water partition coefficient (Wildman–Crippen LogP) is 3.38. The summed E-state index contributed by atoms with van der Waals surface area (Å²) in [5.74, 6) is 0.732. The Labute approximate surface area is 116 Å². The van der Waals surface area contributed by atoms with Crippen LogP contribution in [0.25, 0.3) is 5.70 Å². The minimum absolute atomic E-state index is 0.431. The summed E-state index contributed by atoms with van der Waals surface area (Å²) >= 11 is 0. The quantitative estimate of drug-likeness (QED) is 0.668. The predicted molar refractivity (Wildman–Crippen MR) is 78.0 cm³/mol. The Kier molecular flexibility index (Phi) is 4.34. The molecular weight excluding hydrogens is 256 g/mol. The third-order valence-corrected chi connectivity index (χ3v) is 2.69. The molecule has 0 aliphatic heterocycles. The maximum absolute atomic E-state index is 10.7. The van der Waals surface area contributed by atoms with Gasteiger partial charge in [0.25, 0.3) is 6.20 Å². The Hall–Kier alpha value is -2.82. The smallest absolute Gasteiger partial charge is 0.258 e. The van der Waals surface area contributed by atoms with Crippen LogP contribution in [-0.4, -0.2) is 12.0 Å². The normalized spacial score (nSPS) is 10.9. The Morgan fingerprint density at radius 3 is 2.35 bits per heavy atom. The topological polar surface area (TPSA) is 64.4 Å². The zero-order chi connectivity index (χ0) is 14.4. The average Bonchev–Trinajstić information content (AvgIpc) is 2.48. The van der Waals surface area contributed by atoms with Crippen LogP contribution in [0.1, 0.15) is 5.56 Å². The molecule has 102 valence electrons. The molecule has 5 nitrogen and oxygen atoms in total. The molecule has 0 aliphatic rings. The molecule has 5 heteroatoms. The van der Waals surface area contributed by atoms with Gasteiger partial charge in [0.1, 0.15) is 11.4 Å². The van der Waals surface area contributed by atoms with Crippen LogP contribution < -0.4 is 10.1 Å². The van der Waals surface area contributed by atoms with Crippen LogP contribution in [0, 0.1) is 10.1 Å². The van der Waals surface area contributed by atoms with E-state index in [1.165, 1.54) is 0 Å². The zero-order valence-corrected chi connectivity index (χ0v) is 10.9. The Bertz CT molecular complexity index is 607. The summed E-state index contributed by atoms with van der Waals surface area (Å²) < 4.78 is 5.07. The number of rotatable bonds is 5. The molecule has 0 spiro atoms. The van der Waals surface area contributed by atoms with Crippen LogP contribution in [0.2, 0.25) is 0 Å². The highest BCUT2D eigenvalue weighted by atomic mass is 16.6. The summed E-state index contributed by atoms with van der Waals surface area (Å²) in [6.07, 6.45) is 0.958. The summed E-state index contributed by atoms with van der Waals surface area (Å²) in [4.78, 5) is 10.3. The SMILES string of the molecule is COc1ccc(N/C(=C/[N+](=O)[O-])c2ccccc2)cc1. The zero-order valence-electron chi connectivity index (χ0n) is 10.9. The van der Waals surface area contributed by atoms with Gasteiger partial charge in [0.05, 0.1) is 12.0 Å². The number of ether oxygens (including phenoxy) is 1. The fourth-order valence-electron chi connectivity index (χ4n) is 1.73. The number of anilines is 1. The van der Waals surface area contributed by atoms with E-state index in [0.29, 0.717) is 5.70 Å². The van der Waals surface area contributed by atoms with Gasteiger partial charge in [0, 0.05) is 11.3 Å². The van der Waals surface area contributed by atoms with Gasteiger partial charge in [-0.25, -0.2) is 0 Å². The monoisotopic (exact) mass is 270 g/mol. The van der Waals surface area contributed by atoms with Crippen molar-refractivity contribution in [1.29, 1.82) is 0 Å². The first-order valence-corrected chi connectivity index (χ1v) is 6.01. The van der Waals surface area contributed by atoms with E-state index in [1.54, 1.807) is 31.4 Å². The fourth-order valence-corrected chi connectivity index (χ4v) is 1.73. The lowest BCUT2D eigenvalue weighted by Crippen LogP contribution is -2.01. The highest BCUT2D eigenvalue weighted by molar-refractivity contribution is 5.76. The Balaban J connectivity index is 2.26. The summed E-state index contributed by atoms with van der Waals surface area (Å²) in [5, 5.41) is 13.8. The van der Waals surface area contributed by atoms with Gasteiger partial charge in [0.2, 0.25) is 0 Å². The molecule has 0 heterocycles. The molecular formula is C15H14N2O3. The van der Waals surface area contributed by atoms with Crippen LogP contribution in [0.3, 0.4) is 0 Å². The third kappa shape index (κ3) is 3.58. The van der Waals surface area contributed by atoms with Gasteiger partial charge in [-0.05, 0) is 24.3 Å². The first-order valence-electron chi connectivity index (χ1n) is 6.01. The van der Waals surface area contributed by atoms with Crippen LogP contribution in [-0.2, 0) is 0 Å². The minimum Gasteiger partial charge on any atom is -0.497 e. The van der Waals surface area contributed by atoms with Gasteiger partial charge >= 0.3 is 0 Å². The lowest BCUT2D eigenvalue weighted by atomic mass is 10.1. The first kappa shape index (κ1) is 13.6. The van der Waals surface area contributed by atoms with E-state index in [2.05, 4.69) is 5.32 Å². The van der Waals surface area contributed by atoms with Gasteiger partial charge < -0.3 is 10.1 Å². The number of nitrogens with zero attached hydrogens (tertiary/aromatic N) is 1. The maximum atomic E-state index is 10.7. The molecule has 0 radical (unpaired) electrons. The second kappa shape index (κ2) is 6.38. The van der Waals surface area contributed by atoms with Crippen molar-refractivity contribution >= 4 is 11.4 Å². The van der Waals surface area contributed by atoms with Gasteiger partial charge in [0.15, 0.2) is 0 Å². The van der Waals surface area contributed by atoms with E-state index < -0.39 is 4.92 Å². The molecule has 0 saturated heterocycles. The summed E-state index contributed by atoms with van der Waals surface area (Å²) in [6.45, 7) is 0. The molecule has 0 unspecified atom stereocenters. The molecule has 1 N–H and O–H groups in total. The molecule has 2 rings (SSSR count). The Morgan fingerprint density at radius 2 is 1.80 bits per heavy atom. The van der Waals surface area contributed by atoms with Gasteiger partial charge in [-0.1, -0.05) is 30.3 Å². The van der Waals surface area contributed by atoms with Gasteiger partial charge in [-0.3, -0.25) is 10.1 Å². The molecule has 0 bridgehead atoms. The highest BCUT2D eigenvalue weighted by Gasteiger charge is 2.06. The van der Waals surface area contributed by atoms with E-state index in [1.807, 2.05) is 30.3 Å². The van der Waals surface area contributed by atoms with Crippen LogP contribution >= 0.6 is 0 Å². The maximum Gasteiger partial charge on any atom is 0.258 e. The lowest BCUT2D eigenvalue weighted by molar-refractivity contribution is -0.401. The van der Waals surface area contributed by atoms with Crippen molar-refractivity contribution in [3.63, 3.8) is 0 Å². The van der Waals surface area contributed by atoms with Crippen LogP contribution in [0.15, 0.2) is 60.8 Å². The van der Waals surface area contributed by atoms with Crippen molar-refractivity contribution in [2.24, 2.45) is 0 Å². The number of hydrogen-bond donors (Lipinski definition) is 1. The standard InChI is InChI=1S/C15H14N2O3/c1-20-14-9-7-13(8-10-14)16-15(11-17(18)19)12-5-3-2-4-6-12/h2-11,16H,1H3/b15-11+. The molecule has 20 heavy (non-hydrogen) atoms. The van der Waals surface area contributed by atoms with Crippen molar-refractivity contribution in [3.05, 3.63) is 76.5 Å². The number of hydrogen-bond acceptors (Lipinski definition) is 4. The second-order valence-electron chi connectivity index (χ2n) is 4.05. The van der Waals surface area contributed by atoms with Crippen LogP contribution in [0.4, 0.5) is 5.69 Å². The number of benzene rings is 2. The van der Waals surface area contributed by atoms with E-state index >= 15 is 0 Å². The number of nitrogens with one attached hydrogen (secondary N) is 1. The number of nitro groups is 1. The summed E-state index contributed by atoms with van der Waals surface area (Å²) in [5.41, 5.74) is 1.93. The first-order chi connectivity index (χ1) is 9.69. The van der Waals surface area contributed by atoms with Crippen molar-refractivity contribution in [2.75, 3.05) is 12.4 Å². The van der Waals surface area contributed by atoms with E-state index in [4.69, 9.17) is 4.74 Å². The summed E-state index contributed by atoms with van der Waals surface area (Å²) in [7, 11) is 1.59. The Morgan fingerprint density at radius 1 is 1.15 bits per heavy atom. The molecule has 0 aromatic heterocycles. The molecule has 0 amide bonds. The molecule has 0 aliphatic carbocycles. The summed E-state index contributed by atoms with van der Waals surface area (Å²) in [6, 6.07) is 16.3. The van der Waals surface area contributed by atoms with E-state index in [-0.39, 0.29) is 0 Å². The fraction of sp³-hybridized carbons (Fsp3) is 0.0667. The van der Waals surface area contributed by atoms with Crippen LogP contribution in [0.5, 0.6) is 5.75 Å². The van der Waals surface area contributed by atoms with Crippen molar-refractivity contribution in [2.45, 2.75) is 0 Å². The van der Waals surface area contributed by atoms with Crippen molar-refractivity contribution < 1.29 is 9.66 Å².